The van der Waals surface area contributed by atoms with Crippen LogP contribution in [-0.2, 0) is 17.9 Å². The van der Waals surface area contributed by atoms with Gasteiger partial charge in [0.2, 0.25) is 0 Å². The standard InChI is InChI=1S/C28H27N3O3/c32-18-20-3-7-21(8-4-20)22-9-12-24-25(15-22)26(28(34)30-27(24)33)16-29-23-10-5-19(6-11-23)17-31-13-1-2-14-31/h3-12,15-16,29,32H,1-2,13-14,17-18H2,(H,30,33,34). The number of aliphatic hydroxyl groups is 1. The summed E-state index contributed by atoms with van der Waals surface area (Å²) in [5.41, 5.74) is 6.27. The van der Waals surface area contributed by atoms with E-state index in [9.17, 15) is 14.7 Å². The first-order valence-electron chi connectivity index (χ1n) is 11.6. The van der Waals surface area contributed by atoms with Crippen molar-refractivity contribution in [3.63, 3.8) is 0 Å². The molecule has 2 heterocycles. The summed E-state index contributed by atoms with van der Waals surface area (Å²) in [6.07, 6.45) is 4.21. The second-order valence-electron chi connectivity index (χ2n) is 8.78. The minimum atomic E-state index is -0.427. The van der Waals surface area contributed by atoms with Gasteiger partial charge in [0.1, 0.15) is 0 Å². The molecule has 0 saturated carbocycles. The van der Waals surface area contributed by atoms with Crippen LogP contribution in [0.4, 0.5) is 5.69 Å². The predicted octanol–water partition coefficient (Wildman–Crippen LogP) is 4.16. The van der Waals surface area contributed by atoms with Gasteiger partial charge in [0.05, 0.1) is 12.2 Å². The van der Waals surface area contributed by atoms with Crippen molar-refractivity contribution < 1.29 is 14.7 Å². The van der Waals surface area contributed by atoms with E-state index in [2.05, 4.69) is 27.7 Å². The number of hydrogen-bond acceptors (Lipinski definition) is 5. The Morgan fingerprint density at radius 2 is 1.50 bits per heavy atom. The van der Waals surface area contributed by atoms with Crippen LogP contribution >= 0.6 is 0 Å². The maximum atomic E-state index is 12.7. The minimum absolute atomic E-state index is 0.0169. The van der Waals surface area contributed by atoms with Gasteiger partial charge in [-0.25, -0.2) is 0 Å². The fourth-order valence-corrected chi connectivity index (χ4v) is 4.51. The van der Waals surface area contributed by atoms with E-state index < -0.39 is 11.8 Å². The Hall–Kier alpha value is -3.74. The lowest BCUT2D eigenvalue weighted by molar-refractivity contribution is -0.114. The third kappa shape index (κ3) is 4.64. The summed E-state index contributed by atoms with van der Waals surface area (Å²) >= 11 is 0. The Bertz CT molecular complexity index is 1240. The van der Waals surface area contributed by atoms with Gasteiger partial charge in [-0.1, -0.05) is 42.5 Å². The van der Waals surface area contributed by atoms with Crippen LogP contribution in [0.25, 0.3) is 16.7 Å². The molecule has 3 aromatic carbocycles. The summed E-state index contributed by atoms with van der Waals surface area (Å²) in [5, 5.41) is 14.9. The maximum absolute atomic E-state index is 12.7. The lowest BCUT2D eigenvalue weighted by atomic mass is 9.91. The highest BCUT2D eigenvalue weighted by molar-refractivity contribution is 6.31. The number of benzene rings is 3. The number of likely N-dealkylation sites (tertiary alicyclic amines) is 1. The molecule has 3 aromatic rings. The number of nitrogens with one attached hydrogen (secondary N) is 2. The second-order valence-corrected chi connectivity index (χ2v) is 8.78. The molecule has 3 N–H and O–H groups in total. The number of aliphatic hydroxyl groups excluding tert-OH is 1. The zero-order valence-corrected chi connectivity index (χ0v) is 18.9. The summed E-state index contributed by atoms with van der Waals surface area (Å²) in [7, 11) is 0. The summed E-state index contributed by atoms with van der Waals surface area (Å²) in [5.74, 6) is -0.825. The monoisotopic (exact) mass is 453 g/mol. The average Bonchev–Trinajstić information content (AvgIpc) is 3.38. The predicted molar refractivity (Wildman–Crippen MR) is 133 cm³/mol. The molecule has 1 fully saturated rings. The quantitative estimate of drug-likeness (QED) is 0.386. The van der Waals surface area contributed by atoms with Crippen LogP contribution in [0, 0.1) is 0 Å². The van der Waals surface area contributed by atoms with Crippen LogP contribution in [0.5, 0.6) is 0 Å². The fourth-order valence-electron chi connectivity index (χ4n) is 4.51. The van der Waals surface area contributed by atoms with Crippen molar-refractivity contribution in [2.75, 3.05) is 18.4 Å². The molecule has 2 amide bonds. The largest absolute Gasteiger partial charge is 0.392 e. The Morgan fingerprint density at radius 3 is 2.21 bits per heavy atom. The Labute approximate surface area is 198 Å². The van der Waals surface area contributed by atoms with Crippen molar-refractivity contribution >= 4 is 23.1 Å². The third-order valence-corrected chi connectivity index (χ3v) is 6.44. The number of hydrogen-bond donors (Lipinski definition) is 3. The van der Waals surface area contributed by atoms with E-state index in [1.54, 1.807) is 12.3 Å². The van der Waals surface area contributed by atoms with E-state index in [0.717, 1.165) is 42.0 Å². The van der Waals surface area contributed by atoms with Crippen LogP contribution in [0.2, 0.25) is 0 Å². The molecule has 0 aromatic heterocycles. The third-order valence-electron chi connectivity index (χ3n) is 6.44. The fraction of sp³-hybridized carbons (Fsp3) is 0.214. The number of fused-ring (bicyclic) bond motifs is 1. The van der Waals surface area contributed by atoms with E-state index in [4.69, 9.17) is 0 Å². The molecule has 172 valence electrons. The topological polar surface area (TPSA) is 81.7 Å². The molecule has 2 aliphatic heterocycles. The summed E-state index contributed by atoms with van der Waals surface area (Å²) in [4.78, 5) is 27.6. The molecule has 0 unspecified atom stereocenters. The van der Waals surface area contributed by atoms with Gasteiger partial charge in [-0.15, -0.1) is 0 Å². The lowest BCUT2D eigenvalue weighted by Gasteiger charge is -2.20. The van der Waals surface area contributed by atoms with Gasteiger partial charge in [0.25, 0.3) is 11.8 Å². The Kier molecular flexibility index (Phi) is 6.25. The average molecular weight is 454 g/mol. The molecule has 0 aliphatic carbocycles. The molecule has 1 saturated heterocycles. The van der Waals surface area contributed by atoms with Crippen molar-refractivity contribution in [2.45, 2.75) is 26.0 Å². The summed E-state index contributed by atoms with van der Waals surface area (Å²) in [6.45, 7) is 3.26. The molecule has 0 radical (unpaired) electrons. The molecule has 5 rings (SSSR count). The van der Waals surface area contributed by atoms with Gasteiger partial charge in [-0.05, 0) is 72.5 Å². The van der Waals surface area contributed by atoms with Gasteiger partial charge >= 0.3 is 0 Å². The molecular formula is C28H27N3O3. The van der Waals surface area contributed by atoms with Crippen molar-refractivity contribution in [1.29, 1.82) is 0 Å². The Morgan fingerprint density at radius 1 is 0.824 bits per heavy atom. The first-order valence-corrected chi connectivity index (χ1v) is 11.6. The van der Waals surface area contributed by atoms with Crippen LogP contribution in [0.15, 0.2) is 72.9 Å². The number of imide groups is 1. The highest BCUT2D eigenvalue weighted by atomic mass is 16.3. The normalized spacial score (nSPS) is 17.0. The molecule has 0 atom stereocenters. The van der Waals surface area contributed by atoms with Crippen molar-refractivity contribution in [1.82, 2.24) is 10.2 Å². The van der Waals surface area contributed by atoms with E-state index in [0.29, 0.717) is 16.7 Å². The number of anilines is 1. The summed E-state index contributed by atoms with van der Waals surface area (Å²) < 4.78 is 0. The smallest absolute Gasteiger partial charge is 0.260 e. The molecule has 0 spiro atoms. The second kappa shape index (κ2) is 9.63. The van der Waals surface area contributed by atoms with Gasteiger partial charge in [0.15, 0.2) is 0 Å². The van der Waals surface area contributed by atoms with Crippen molar-refractivity contribution in [3.8, 4) is 11.1 Å². The number of amides is 2. The van der Waals surface area contributed by atoms with E-state index in [-0.39, 0.29) is 6.61 Å². The highest BCUT2D eigenvalue weighted by Gasteiger charge is 2.27. The number of nitrogens with zero attached hydrogens (tertiary/aromatic N) is 1. The van der Waals surface area contributed by atoms with Crippen LogP contribution in [0.1, 0.15) is 39.9 Å². The van der Waals surface area contributed by atoms with Crippen LogP contribution in [0.3, 0.4) is 0 Å². The molecule has 6 heteroatoms. The molecule has 34 heavy (non-hydrogen) atoms. The van der Waals surface area contributed by atoms with Gasteiger partial charge in [0, 0.05) is 29.6 Å². The van der Waals surface area contributed by atoms with Crippen molar-refractivity contribution in [2.24, 2.45) is 0 Å². The first-order chi connectivity index (χ1) is 16.6. The summed E-state index contributed by atoms with van der Waals surface area (Å²) in [6, 6.07) is 21.3. The van der Waals surface area contributed by atoms with E-state index in [1.807, 2.05) is 48.5 Å². The van der Waals surface area contributed by atoms with E-state index >= 15 is 0 Å². The van der Waals surface area contributed by atoms with E-state index in [1.165, 1.54) is 18.4 Å². The minimum Gasteiger partial charge on any atom is -0.392 e. The van der Waals surface area contributed by atoms with Crippen molar-refractivity contribution in [3.05, 3.63) is 95.2 Å². The number of carbonyl (C=O) groups excluding carboxylic acids is 2. The number of rotatable bonds is 6. The van der Waals surface area contributed by atoms with Gasteiger partial charge in [-0.2, -0.15) is 0 Å². The Balaban J connectivity index is 1.39. The molecule has 6 nitrogen and oxygen atoms in total. The number of carbonyl (C=O) groups is 2. The SMILES string of the molecule is O=C1NC(=O)c2ccc(-c3ccc(CO)cc3)cc2C1=CNc1ccc(CN2CCCC2)cc1. The molecular weight excluding hydrogens is 426 g/mol. The zero-order valence-electron chi connectivity index (χ0n) is 18.9. The van der Waals surface area contributed by atoms with Crippen LogP contribution in [-0.4, -0.2) is 34.9 Å². The highest BCUT2D eigenvalue weighted by Crippen LogP contribution is 2.30. The molecule has 0 bridgehead atoms. The zero-order chi connectivity index (χ0) is 23.5. The first kappa shape index (κ1) is 22.1. The van der Waals surface area contributed by atoms with Gasteiger partial charge < -0.3 is 10.4 Å². The van der Waals surface area contributed by atoms with Crippen LogP contribution < -0.4 is 10.6 Å². The van der Waals surface area contributed by atoms with Gasteiger partial charge in [-0.3, -0.25) is 19.8 Å². The lowest BCUT2D eigenvalue weighted by Crippen LogP contribution is -2.36. The maximum Gasteiger partial charge on any atom is 0.260 e. The molecule has 2 aliphatic rings.